The highest BCUT2D eigenvalue weighted by molar-refractivity contribution is 9.10. The minimum absolute atomic E-state index is 0.370. The predicted molar refractivity (Wildman–Crippen MR) is 76.7 cm³/mol. The van der Waals surface area contributed by atoms with E-state index in [2.05, 4.69) is 31.9 Å². The van der Waals surface area contributed by atoms with Gasteiger partial charge in [0.05, 0.1) is 10.7 Å². The van der Waals surface area contributed by atoms with Crippen molar-refractivity contribution in [2.75, 3.05) is 13.1 Å². The molecule has 1 aromatic rings. The summed E-state index contributed by atoms with van der Waals surface area (Å²) in [6.45, 7) is 2.95. The first kappa shape index (κ1) is 12.9. The third kappa shape index (κ3) is 3.72. The summed E-state index contributed by atoms with van der Waals surface area (Å²) in [6.07, 6.45) is 4.13. The van der Waals surface area contributed by atoms with Gasteiger partial charge in [0, 0.05) is 29.7 Å². The number of hydrogen-bond donors (Lipinski definition) is 1. The van der Waals surface area contributed by atoms with E-state index in [0.29, 0.717) is 10.9 Å². The molecule has 0 spiro atoms. The first-order valence-corrected chi connectivity index (χ1v) is 6.97. The van der Waals surface area contributed by atoms with Crippen LogP contribution in [0.3, 0.4) is 0 Å². The molecule has 1 fully saturated rings. The van der Waals surface area contributed by atoms with E-state index in [0.717, 1.165) is 36.2 Å². The Morgan fingerprint density at radius 3 is 3.06 bits per heavy atom. The fourth-order valence-corrected chi connectivity index (χ4v) is 2.59. The van der Waals surface area contributed by atoms with Gasteiger partial charge in [0.1, 0.15) is 0 Å². The quantitative estimate of drug-likeness (QED) is 0.870. The normalized spacial score (nSPS) is 21.4. The van der Waals surface area contributed by atoms with Crippen molar-refractivity contribution in [2.45, 2.75) is 19.4 Å². The number of nitrogens with two attached hydrogens (primary N) is 1. The molecule has 2 heterocycles. The van der Waals surface area contributed by atoms with E-state index in [1.54, 1.807) is 0 Å². The van der Waals surface area contributed by atoms with Crippen LogP contribution in [-0.2, 0) is 6.54 Å². The molecule has 92 valence electrons. The van der Waals surface area contributed by atoms with Gasteiger partial charge in [0.2, 0.25) is 0 Å². The second kappa shape index (κ2) is 5.89. The maximum Gasteiger partial charge on any atom is 0.0771 e. The minimum atomic E-state index is 0.370. The zero-order valence-electron chi connectivity index (χ0n) is 9.60. The van der Waals surface area contributed by atoms with E-state index >= 15 is 0 Å². The van der Waals surface area contributed by atoms with Gasteiger partial charge >= 0.3 is 0 Å². The van der Waals surface area contributed by atoms with E-state index in [-0.39, 0.29) is 0 Å². The van der Waals surface area contributed by atoms with Crippen molar-refractivity contribution in [1.82, 2.24) is 9.88 Å². The topological polar surface area (TPSA) is 42.1 Å². The van der Waals surface area contributed by atoms with Crippen molar-refractivity contribution in [3.8, 4) is 0 Å². The second-order valence-corrected chi connectivity index (χ2v) is 5.83. The summed E-state index contributed by atoms with van der Waals surface area (Å²) in [4.78, 5) is 7.42. The SMILES string of the molecule is NC(=S)C1CCCN(Cc2ccc(Br)cn2)C1. The lowest BCUT2D eigenvalue weighted by atomic mass is 9.98. The Morgan fingerprint density at radius 1 is 1.59 bits per heavy atom. The number of hydrogen-bond acceptors (Lipinski definition) is 3. The summed E-state index contributed by atoms with van der Waals surface area (Å²) in [7, 11) is 0. The molecule has 1 aromatic heterocycles. The van der Waals surface area contributed by atoms with E-state index in [4.69, 9.17) is 18.0 Å². The van der Waals surface area contributed by atoms with Gasteiger partial charge in [-0.1, -0.05) is 12.2 Å². The number of likely N-dealkylation sites (tertiary alicyclic amines) is 1. The number of aromatic nitrogens is 1. The van der Waals surface area contributed by atoms with E-state index in [1.165, 1.54) is 6.42 Å². The Bertz CT molecular complexity index is 393. The number of rotatable bonds is 3. The number of thiocarbonyl (C=S) groups is 1. The van der Waals surface area contributed by atoms with Gasteiger partial charge in [-0.25, -0.2) is 0 Å². The molecule has 1 aliphatic rings. The maximum absolute atomic E-state index is 5.73. The predicted octanol–water partition coefficient (Wildman–Crippen LogP) is 2.34. The highest BCUT2D eigenvalue weighted by Crippen LogP contribution is 2.18. The third-order valence-corrected chi connectivity index (χ3v) is 3.88. The number of halogens is 1. The summed E-state index contributed by atoms with van der Waals surface area (Å²) in [5, 5.41) is 0. The van der Waals surface area contributed by atoms with Crippen LogP contribution in [-0.4, -0.2) is 28.0 Å². The van der Waals surface area contributed by atoms with Gasteiger partial charge in [-0.15, -0.1) is 0 Å². The molecule has 17 heavy (non-hydrogen) atoms. The molecule has 0 amide bonds. The molecule has 1 aliphatic heterocycles. The van der Waals surface area contributed by atoms with Crippen molar-refractivity contribution in [3.05, 3.63) is 28.5 Å². The monoisotopic (exact) mass is 313 g/mol. The first-order valence-electron chi connectivity index (χ1n) is 5.77. The highest BCUT2D eigenvalue weighted by atomic mass is 79.9. The van der Waals surface area contributed by atoms with Crippen LogP contribution in [0.25, 0.3) is 0 Å². The van der Waals surface area contributed by atoms with E-state index < -0.39 is 0 Å². The number of pyridine rings is 1. The van der Waals surface area contributed by atoms with Crippen molar-refractivity contribution in [2.24, 2.45) is 11.7 Å². The summed E-state index contributed by atoms with van der Waals surface area (Å²) in [6, 6.07) is 4.08. The van der Waals surface area contributed by atoms with Crippen molar-refractivity contribution >= 4 is 33.1 Å². The Balaban J connectivity index is 1.94. The molecule has 1 atom stereocenters. The molecule has 3 nitrogen and oxygen atoms in total. The minimum Gasteiger partial charge on any atom is -0.393 e. The average Bonchev–Trinajstić information content (AvgIpc) is 2.32. The lowest BCUT2D eigenvalue weighted by molar-refractivity contribution is 0.195. The summed E-state index contributed by atoms with van der Waals surface area (Å²) >= 11 is 8.47. The van der Waals surface area contributed by atoms with Crippen LogP contribution in [0.2, 0.25) is 0 Å². The molecular formula is C12H16BrN3S. The first-order chi connectivity index (χ1) is 8.15. The summed E-state index contributed by atoms with van der Waals surface area (Å²) in [5.41, 5.74) is 6.82. The molecule has 2 N–H and O–H groups in total. The van der Waals surface area contributed by atoms with Gasteiger partial charge in [0.25, 0.3) is 0 Å². The highest BCUT2D eigenvalue weighted by Gasteiger charge is 2.21. The van der Waals surface area contributed by atoms with Crippen LogP contribution in [0.5, 0.6) is 0 Å². The molecule has 0 bridgehead atoms. The largest absolute Gasteiger partial charge is 0.393 e. The third-order valence-electron chi connectivity index (χ3n) is 3.08. The van der Waals surface area contributed by atoms with Crippen molar-refractivity contribution < 1.29 is 0 Å². The molecule has 1 saturated heterocycles. The van der Waals surface area contributed by atoms with E-state index in [9.17, 15) is 0 Å². The fraction of sp³-hybridized carbons (Fsp3) is 0.500. The van der Waals surface area contributed by atoms with Crippen LogP contribution in [0.15, 0.2) is 22.8 Å². The van der Waals surface area contributed by atoms with Crippen molar-refractivity contribution in [3.63, 3.8) is 0 Å². The molecular weight excluding hydrogens is 298 g/mol. The standard InChI is InChI=1S/C12H16BrN3S/c13-10-3-4-11(15-6-10)8-16-5-1-2-9(7-16)12(14)17/h3-4,6,9H,1-2,5,7-8H2,(H2,14,17). The van der Waals surface area contributed by atoms with E-state index in [1.807, 2.05) is 12.3 Å². The van der Waals surface area contributed by atoms with Crippen molar-refractivity contribution in [1.29, 1.82) is 0 Å². The smallest absolute Gasteiger partial charge is 0.0771 e. The molecule has 0 aliphatic carbocycles. The second-order valence-electron chi connectivity index (χ2n) is 4.44. The van der Waals surface area contributed by atoms with Gasteiger partial charge in [-0.05, 0) is 47.4 Å². The fourth-order valence-electron chi connectivity index (χ4n) is 2.16. The Hall–Kier alpha value is -0.520. The zero-order valence-corrected chi connectivity index (χ0v) is 12.0. The molecule has 5 heteroatoms. The molecule has 2 rings (SSSR count). The number of nitrogens with zero attached hydrogens (tertiary/aromatic N) is 2. The van der Waals surface area contributed by atoms with Crippen LogP contribution in [0.1, 0.15) is 18.5 Å². The average molecular weight is 314 g/mol. The maximum atomic E-state index is 5.73. The van der Waals surface area contributed by atoms with Crippen LogP contribution in [0.4, 0.5) is 0 Å². The lowest BCUT2D eigenvalue weighted by Crippen LogP contribution is -2.40. The van der Waals surface area contributed by atoms with Gasteiger partial charge in [0.15, 0.2) is 0 Å². The van der Waals surface area contributed by atoms with Gasteiger partial charge < -0.3 is 5.73 Å². The zero-order chi connectivity index (χ0) is 12.3. The van der Waals surface area contributed by atoms with Crippen LogP contribution >= 0.6 is 28.1 Å². The lowest BCUT2D eigenvalue weighted by Gasteiger charge is -2.31. The Morgan fingerprint density at radius 2 is 2.41 bits per heavy atom. The molecule has 0 saturated carbocycles. The summed E-state index contributed by atoms with van der Waals surface area (Å²) in [5.74, 6) is 0.370. The number of piperidine rings is 1. The van der Waals surface area contributed by atoms with Gasteiger partial charge in [-0.2, -0.15) is 0 Å². The molecule has 0 radical (unpaired) electrons. The van der Waals surface area contributed by atoms with Gasteiger partial charge in [-0.3, -0.25) is 9.88 Å². The van der Waals surface area contributed by atoms with Crippen LogP contribution < -0.4 is 5.73 Å². The Labute approximate surface area is 116 Å². The molecule has 0 aromatic carbocycles. The summed E-state index contributed by atoms with van der Waals surface area (Å²) < 4.78 is 1.01. The van der Waals surface area contributed by atoms with Crippen LogP contribution in [0, 0.1) is 5.92 Å². The molecule has 1 unspecified atom stereocenters. The Kier molecular flexibility index (Phi) is 4.48.